The molecule has 1 aromatic carbocycles. The van der Waals surface area contributed by atoms with E-state index in [-0.39, 0.29) is 56.5 Å². The van der Waals surface area contributed by atoms with Crippen molar-refractivity contribution in [3.8, 4) is 5.75 Å². The number of hydrogen-bond donors (Lipinski definition) is 1. The third kappa shape index (κ3) is 5.99. The molecule has 302 valence electrons. The molecule has 5 aliphatic carbocycles. The Bertz CT molecular complexity index is 2160. The Morgan fingerprint density at radius 2 is 1.63 bits per heavy atom. The van der Waals surface area contributed by atoms with Crippen molar-refractivity contribution in [2.75, 3.05) is 39.8 Å². The second kappa shape index (κ2) is 13.6. The monoisotopic (exact) mass is 793 g/mol. The minimum absolute atomic E-state index is 0.0677. The fourth-order valence-electron chi connectivity index (χ4n) is 11.9. The SMILES string of the molecule is COc1cccc(/C=C2\SC(=O)N(CC(=O)N3CCN(C(=O)[C@]4(C)CC[C@]5(C)CC[C@]6(C)C7=CC=C8C(=CC(=O)C(O)=C8C)[C@]7(C)CC[C@@]6(C)[C@@H]5C4)CC3)C2=O)c1. The molecule has 3 saturated carbocycles. The third-order valence-corrected chi connectivity index (χ3v) is 16.8. The summed E-state index contributed by atoms with van der Waals surface area (Å²) in [5.41, 5.74) is 3.81. The maximum atomic E-state index is 14.6. The van der Waals surface area contributed by atoms with E-state index in [2.05, 4.69) is 46.8 Å². The van der Waals surface area contributed by atoms with E-state index in [1.165, 1.54) is 5.57 Å². The van der Waals surface area contributed by atoms with Crippen LogP contribution in [0.1, 0.15) is 92.1 Å². The van der Waals surface area contributed by atoms with Gasteiger partial charge in [0.1, 0.15) is 12.3 Å². The first-order valence-corrected chi connectivity index (χ1v) is 21.3. The number of benzene rings is 1. The first kappa shape index (κ1) is 39.4. The molecule has 2 heterocycles. The maximum absolute atomic E-state index is 14.6. The summed E-state index contributed by atoms with van der Waals surface area (Å²) in [6.45, 7) is 14.8. The number of amides is 4. The van der Waals surface area contributed by atoms with E-state index in [1.807, 2.05) is 17.9 Å². The quantitative estimate of drug-likeness (QED) is 0.298. The Morgan fingerprint density at radius 3 is 2.35 bits per heavy atom. The lowest BCUT2D eigenvalue weighted by Gasteiger charge is -2.70. The van der Waals surface area contributed by atoms with E-state index < -0.39 is 16.6 Å². The highest BCUT2D eigenvalue weighted by Crippen LogP contribution is 2.75. The van der Waals surface area contributed by atoms with Gasteiger partial charge in [0.2, 0.25) is 17.6 Å². The normalized spacial score (nSPS) is 35.9. The number of allylic oxidation sites excluding steroid dienone is 7. The number of ether oxygens (including phenoxy) is 1. The summed E-state index contributed by atoms with van der Waals surface area (Å²) >= 11 is 0.826. The minimum atomic E-state index is -0.540. The smallest absolute Gasteiger partial charge is 0.294 e. The van der Waals surface area contributed by atoms with Crippen LogP contribution in [-0.2, 0) is 19.2 Å². The molecule has 0 bridgehead atoms. The number of carbonyl (C=O) groups is 5. The van der Waals surface area contributed by atoms with Gasteiger partial charge in [0, 0.05) is 42.6 Å². The molecule has 1 aromatic rings. The zero-order chi connectivity index (χ0) is 40.9. The van der Waals surface area contributed by atoms with E-state index in [1.54, 1.807) is 42.4 Å². The van der Waals surface area contributed by atoms with Gasteiger partial charge in [-0.3, -0.25) is 28.9 Å². The molecule has 11 heteroatoms. The molecular formula is C46H55N3O7S. The zero-order valence-corrected chi connectivity index (χ0v) is 35.1. The summed E-state index contributed by atoms with van der Waals surface area (Å²) in [7, 11) is 1.56. The van der Waals surface area contributed by atoms with E-state index in [4.69, 9.17) is 4.74 Å². The van der Waals surface area contributed by atoms with Crippen LogP contribution in [0.4, 0.5) is 4.79 Å². The Hall–Kier alpha value is -4.38. The predicted molar refractivity (Wildman–Crippen MR) is 220 cm³/mol. The molecule has 7 aliphatic rings. The van der Waals surface area contributed by atoms with Crippen LogP contribution in [0, 0.1) is 33.0 Å². The molecule has 0 radical (unpaired) electrons. The van der Waals surface area contributed by atoms with Gasteiger partial charge in [-0.25, -0.2) is 0 Å². The molecule has 0 aromatic heterocycles. The lowest BCUT2D eigenvalue weighted by Crippen LogP contribution is -2.63. The number of aliphatic hydroxyl groups excluding tert-OH is 1. The molecule has 0 spiro atoms. The number of nitrogens with zero attached hydrogens (tertiary/aromatic N) is 3. The molecule has 57 heavy (non-hydrogen) atoms. The average molecular weight is 794 g/mol. The fraction of sp³-hybridized carbons (Fsp3) is 0.543. The molecular weight excluding hydrogens is 739 g/mol. The molecule has 0 unspecified atom stereocenters. The Labute approximate surface area is 340 Å². The molecule has 6 atom stereocenters. The summed E-state index contributed by atoms with van der Waals surface area (Å²) in [5.74, 6) is -0.164. The summed E-state index contributed by atoms with van der Waals surface area (Å²) in [6, 6.07) is 7.20. The van der Waals surface area contributed by atoms with Gasteiger partial charge in [-0.05, 0) is 127 Å². The number of thioether (sulfide) groups is 1. The van der Waals surface area contributed by atoms with Crippen LogP contribution in [0.2, 0.25) is 0 Å². The first-order valence-electron chi connectivity index (χ1n) is 20.4. The zero-order valence-electron chi connectivity index (χ0n) is 34.3. The fourth-order valence-corrected chi connectivity index (χ4v) is 12.8. The Balaban J connectivity index is 0.946. The van der Waals surface area contributed by atoms with Crippen LogP contribution in [0.15, 0.2) is 75.5 Å². The van der Waals surface area contributed by atoms with Crippen LogP contribution < -0.4 is 4.74 Å². The number of rotatable bonds is 5. The average Bonchev–Trinajstić information content (AvgIpc) is 3.45. The third-order valence-electron chi connectivity index (χ3n) is 15.9. The van der Waals surface area contributed by atoms with Crippen LogP contribution in [0.5, 0.6) is 5.75 Å². The van der Waals surface area contributed by atoms with Crippen molar-refractivity contribution >= 4 is 46.6 Å². The van der Waals surface area contributed by atoms with Crippen molar-refractivity contribution in [2.24, 2.45) is 33.0 Å². The number of ketones is 1. The number of carbonyl (C=O) groups excluding carboxylic acids is 5. The molecule has 2 saturated heterocycles. The van der Waals surface area contributed by atoms with Crippen molar-refractivity contribution < 1.29 is 33.8 Å². The molecule has 4 amide bonds. The lowest BCUT2D eigenvalue weighted by atomic mass is 9.34. The number of aliphatic hydroxyl groups is 1. The summed E-state index contributed by atoms with van der Waals surface area (Å²) in [4.78, 5) is 71.9. The lowest BCUT2D eigenvalue weighted by molar-refractivity contribution is -0.175. The van der Waals surface area contributed by atoms with E-state index in [9.17, 15) is 29.1 Å². The van der Waals surface area contributed by atoms with E-state index in [0.717, 1.165) is 78.3 Å². The maximum Gasteiger partial charge on any atom is 0.294 e. The van der Waals surface area contributed by atoms with Crippen LogP contribution in [0.3, 0.4) is 0 Å². The summed E-state index contributed by atoms with van der Waals surface area (Å²) in [6.07, 6.45) is 14.3. The molecule has 5 fully saturated rings. The van der Waals surface area contributed by atoms with Gasteiger partial charge >= 0.3 is 0 Å². The highest BCUT2D eigenvalue weighted by molar-refractivity contribution is 8.18. The van der Waals surface area contributed by atoms with Gasteiger partial charge in [0.05, 0.1) is 12.0 Å². The molecule has 10 nitrogen and oxygen atoms in total. The predicted octanol–water partition coefficient (Wildman–Crippen LogP) is 8.03. The second-order valence-corrected chi connectivity index (χ2v) is 19.8. The van der Waals surface area contributed by atoms with Gasteiger partial charge in [-0.2, -0.15) is 0 Å². The van der Waals surface area contributed by atoms with Gasteiger partial charge in [0.25, 0.3) is 11.1 Å². The molecule has 2 aliphatic heterocycles. The number of piperazine rings is 1. The Morgan fingerprint density at radius 1 is 0.930 bits per heavy atom. The summed E-state index contributed by atoms with van der Waals surface area (Å²) in [5, 5.41) is 10.0. The number of imide groups is 1. The van der Waals surface area contributed by atoms with Crippen LogP contribution in [-0.4, -0.2) is 88.4 Å². The topological polar surface area (TPSA) is 125 Å². The minimum Gasteiger partial charge on any atom is -0.504 e. The molecule has 8 rings (SSSR count). The van der Waals surface area contributed by atoms with Gasteiger partial charge in [-0.1, -0.05) is 64.5 Å². The highest BCUT2D eigenvalue weighted by atomic mass is 32.2. The van der Waals surface area contributed by atoms with Crippen LogP contribution in [0.25, 0.3) is 6.08 Å². The van der Waals surface area contributed by atoms with Crippen molar-refractivity contribution in [3.05, 3.63) is 81.0 Å². The van der Waals surface area contributed by atoms with Gasteiger partial charge in [0.15, 0.2) is 5.76 Å². The standard InChI is InChI=1S/C46H55N3O7S/c1-28-31-11-12-35-44(4,32(31)25-33(50)38(28)52)16-18-46(6)36-26-43(3,14-13-42(36,2)15-17-45(35,46)5)40(54)48-21-19-47(20-22-48)37(51)27-49-39(53)34(57-41(49)55)24-29-9-8-10-30(23-29)56-7/h8-12,23-25,36,52H,13-22,26-27H2,1-7H3/b34-24-/t36-,42-,43-,44+,45-,46+/m1/s1. The van der Waals surface area contributed by atoms with E-state index >= 15 is 0 Å². The second-order valence-electron chi connectivity index (χ2n) is 18.8. The van der Waals surface area contributed by atoms with E-state index in [0.29, 0.717) is 43.4 Å². The number of hydrogen-bond acceptors (Lipinski definition) is 8. The van der Waals surface area contributed by atoms with Crippen molar-refractivity contribution in [1.29, 1.82) is 0 Å². The van der Waals surface area contributed by atoms with Crippen molar-refractivity contribution in [2.45, 2.75) is 86.5 Å². The van der Waals surface area contributed by atoms with Crippen molar-refractivity contribution in [3.63, 3.8) is 0 Å². The van der Waals surface area contributed by atoms with Gasteiger partial charge in [-0.15, -0.1) is 0 Å². The largest absolute Gasteiger partial charge is 0.504 e. The Kier molecular flexibility index (Phi) is 9.41. The molecule has 1 N–H and O–H groups in total. The highest BCUT2D eigenvalue weighted by Gasteiger charge is 2.67. The number of fused-ring (bicyclic) bond motifs is 7. The number of methoxy groups -OCH3 is 1. The van der Waals surface area contributed by atoms with Gasteiger partial charge < -0.3 is 19.6 Å². The summed E-state index contributed by atoms with van der Waals surface area (Å²) < 4.78 is 5.27. The first-order chi connectivity index (χ1) is 26.9. The van der Waals surface area contributed by atoms with Crippen molar-refractivity contribution in [1.82, 2.24) is 14.7 Å². The van der Waals surface area contributed by atoms with Crippen LogP contribution >= 0.6 is 11.8 Å².